The van der Waals surface area contributed by atoms with E-state index >= 15 is 0 Å². The van der Waals surface area contributed by atoms with Gasteiger partial charge in [0.1, 0.15) is 19.0 Å². The van der Waals surface area contributed by atoms with Crippen LogP contribution in [0.5, 0.6) is 17.2 Å². The normalized spacial score (nSPS) is 19.0. The molecule has 130 valence electrons. The van der Waals surface area contributed by atoms with E-state index in [1.165, 1.54) is 0 Å². The Bertz CT molecular complexity index is 641. The van der Waals surface area contributed by atoms with Gasteiger partial charge >= 0.3 is 5.97 Å². The Morgan fingerprint density at radius 1 is 1.21 bits per heavy atom. The molecule has 0 saturated heterocycles. The van der Waals surface area contributed by atoms with Crippen molar-refractivity contribution >= 4 is 11.8 Å². The summed E-state index contributed by atoms with van der Waals surface area (Å²) in [5.41, 5.74) is 0.565. The molecule has 1 saturated carbocycles. The van der Waals surface area contributed by atoms with Crippen molar-refractivity contribution in [3.8, 4) is 17.2 Å². The molecule has 0 radical (unpaired) electrons. The molecular weight excluding hydrogens is 312 g/mol. The Morgan fingerprint density at radius 3 is 2.50 bits per heavy atom. The van der Waals surface area contributed by atoms with Gasteiger partial charge in [0.15, 0.2) is 11.5 Å². The number of carboxylic acid groups (broad SMARTS) is 1. The predicted octanol–water partition coefficient (Wildman–Crippen LogP) is 2.71. The van der Waals surface area contributed by atoms with Gasteiger partial charge in [0, 0.05) is 30.2 Å². The first-order valence-electron chi connectivity index (χ1n) is 8.26. The molecule has 1 fully saturated rings. The topological polar surface area (TPSA) is 82.1 Å². The lowest BCUT2D eigenvalue weighted by molar-refractivity contribution is -0.137. The molecule has 0 spiro atoms. The summed E-state index contributed by atoms with van der Waals surface area (Å²) in [7, 11) is 1.58. The Morgan fingerprint density at radius 2 is 1.88 bits per heavy atom. The van der Waals surface area contributed by atoms with Gasteiger partial charge in [-0.3, -0.25) is 9.59 Å². The van der Waals surface area contributed by atoms with E-state index in [0.29, 0.717) is 62.6 Å². The van der Waals surface area contributed by atoms with Crippen LogP contribution in [0.1, 0.15) is 44.1 Å². The maximum absolute atomic E-state index is 11.7. The predicted molar refractivity (Wildman–Crippen MR) is 86.0 cm³/mol. The summed E-state index contributed by atoms with van der Waals surface area (Å²) >= 11 is 0. The lowest BCUT2D eigenvalue weighted by atomic mass is 9.66. The number of carboxylic acids is 1. The molecular formula is C18H22O6. The fourth-order valence-corrected chi connectivity index (χ4v) is 3.70. The quantitative estimate of drug-likeness (QED) is 0.891. The van der Waals surface area contributed by atoms with Gasteiger partial charge in [0.2, 0.25) is 5.75 Å². The van der Waals surface area contributed by atoms with E-state index in [9.17, 15) is 9.59 Å². The number of carbonyl (C=O) groups excluding carboxylic acids is 1. The Kier molecular flexibility index (Phi) is 4.64. The summed E-state index contributed by atoms with van der Waals surface area (Å²) in [5.74, 6) is 1.23. The van der Waals surface area contributed by atoms with Gasteiger partial charge in [-0.2, -0.15) is 0 Å². The number of fused-ring (bicyclic) bond motifs is 1. The number of rotatable bonds is 5. The maximum atomic E-state index is 11.7. The van der Waals surface area contributed by atoms with E-state index in [1.54, 1.807) is 7.11 Å². The van der Waals surface area contributed by atoms with Crippen LogP contribution in [0.3, 0.4) is 0 Å². The smallest absolute Gasteiger partial charge is 0.303 e. The standard InChI is InChI=1S/C18H22O6/c1-22-14-3-2-13(16-17(14)24-11-10-23-16)18(9-6-15(20)21)7-4-12(19)5-8-18/h2-3H,4-11H2,1H3,(H,20,21). The molecule has 6 heteroatoms. The third-order valence-corrected chi connectivity index (χ3v) is 5.03. The zero-order chi connectivity index (χ0) is 17.2. The SMILES string of the molecule is COc1ccc(C2(CCC(=O)O)CCC(=O)CC2)c2c1OCCO2. The summed E-state index contributed by atoms with van der Waals surface area (Å²) in [6.45, 7) is 0.897. The number of ketones is 1. The van der Waals surface area contributed by atoms with Crippen molar-refractivity contribution in [1.82, 2.24) is 0 Å². The summed E-state index contributed by atoms with van der Waals surface area (Å²) in [6.07, 6.45) is 2.78. The lowest BCUT2D eigenvalue weighted by Gasteiger charge is -2.39. The van der Waals surface area contributed by atoms with Crippen molar-refractivity contribution in [2.24, 2.45) is 0 Å². The van der Waals surface area contributed by atoms with E-state index in [-0.39, 0.29) is 17.6 Å². The number of aliphatic carboxylic acids is 1. The average Bonchev–Trinajstić information content (AvgIpc) is 2.61. The molecule has 3 rings (SSSR count). The lowest BCUT2D eigenvalue weighted by Crippen LogP contribution is -2.34. The van der Waals surface area contributed by atoms with Crippen molar-refractivity contribution in [2.45, 2.75) is 43.9 Å². The number of Topliss-reactive ketones (excluding diaryl/α,β-unsaturated/α-hetero) is 1. The zero-order valence-corrected chi connectivity index (χ0v) is 13.8. The van der Waals surface area contributed by atoms with Gasteiger partial charge < -0.3 is 19.3 Å². The molecule has 1 aliphatic carbocycles. The Labute approximate surface area is 140 Å². The van der Waals surface area contributed by atoms with Crippen molar-refractivity contribution in [2.75, 3.05) is 20.3 Å². The highest BCUT2D eigenvalue weighted by atomic mass is 16.6. The zero-order valence-electron chi connectivity index (χ0n) is 13.8. The van der Waals surface area contributed by atoms with Crippen molar-refractivity contribution < 1.29 is 28.9 Å². The number of carbonyl (C=O) groups is 2. The summed E-state index contributed by atoms with van der Waals surface area (Å²) in [4.78, 5) is 22.8. The minimum atomic E-state index is -0.828. The largest absolute Gasteiger partial charge is 0.493 e. The highest BCUT2D eigenvalue weighted by Gasteiger charge is 2.40. The highest BCUT2D eigenvalue weighted by molar-refractivity contribution is 5.80. The third kappa shape index (κ3) is 3.05. The number of ether oxygens (including phenoxy) is 3. The first-order valence-corrected chi connectivity index (χ1v) is 8.26. The van der Waals surface area contributed by atoms with E-state index in [1.807, 2.05) is 12.1 Å². The molecule has 1 N–H and O–H groups in total. The van der Waals surface area contributed by atoms with E-state index in [2.05, 4.69) is 0 Å². The van der Waals surface area contributed by atoms with Gasteiger partial charge in [-0.05, 0) is 25.3 Å². The molecule has 0 unspecified atom stereocenters. The van der Waals surface area contributed by atoms with Crippen LogP contribution in [-0.2, 0) is 15.0 Å². The van der Waals surface area contributed by atoms with Crippen LogP contribution in [-0.4, -0.2) is 37.2 Å². The fourth-order valence-electron chi connectivity index (χ4n) is 3.70. The molecule has 1 aromatic carbocycles. The number of benzene rings is 1. The molecule has 0 amide bonds. The number of hydrogen-bond acceptors (Lipinski definition) is 5. The second-order valence-corrected chi connectivity index (χ2v) is 6.38. The van der Waals surface area contributed by atoms with Crippen LogP contribution in [0.25, 0.3) is 0 Å². The van der Waals surface area contributed by atoms with Gasteiger partial charge in [-0.15, -0.1) is 0 Å². The second-order valence-electron chi connectivity index (χ2n) is 6.38. The second kappa shape index (κ2) is 6.71. The molecule has 24 heavy (non-hydrogen) atoms. The molecule has 0 bridgehead atoms. The fraction of sp³-hybridized carbons (Fsp3) is 0.556. The van der Waals surface area contributed by atoms with E-state index in [4.69, 9.17) is 19.3 Å². The highest BCUT2D eigenvalue weighted by Crippen LogP contribution is 2.51. The Balaban J connectivity index is 2.04. The molecule has 0 atom stereocenters. The van der Waals surface area contributed by atoms with Gasteiger partial charge in [-0.25, -0.2) is 0 Å². The van der Waals surface area contributed by atoms with Crippen LogP contribution < -0.4 is 14.2 Å². The molecule has 1 aromatic rings. The van der Waals surface area contributed by atoms with E-state index < -0.39 is 5.97 Å². The van der Waals surface area contributed by atoms with Crippen molar-refractivity contribution in [3.63, 3.8) is 0 Å². The van der Waals surface area contributed by atoms with E-state index in [0.717, 1.165) is 5.56 Å². The summed E-state index contributed by atoms with van der Waals surface area (Å²) < 4.78 is 17.0. The van der Waals surface area contributed by atoms with Crippen LogP contribution in [0, 0.1) is 0 Å². The van der Waals surface area contributed by atoms with Gasteiger partial charge in [0.25, 0.3) is 0 Å². The minimum Gasteiger partial charge on any atom is -0.493 e. The third-order valence-electron chi connectivity index (χ3n) is 5.03. The molecule has 2 aliphatic rings. The van der Waals surface area contributed by atoms with Crippen molar-refractivity contribution in [3.05, 3.63) is 17.7 Å². The first-order chi connectivity index (χ1) is 11.6. The average molecular weight is 334 g/mol. The van der Waals surface area contributed by atoms with Crippen LogP contribution >= 0.6 is 0 Å². The number of methoxy groups -OCH3 is 1. The summed E-state index contributed by atoms with van der Waals surface area (Å²) in [6, 6.07) is 3.77. The monoisotopic (exact) mass is 334 g/mol. The maximum Gasteiger partial charge on any atom is 0.303 e. The summed E-state index contributed by atoms with van der Waals surface area (Å²) in [5, 5.41) is 9.14. The van der Waals surface area contributed by atoms with Crippen LogP contribution in [0.4, 0.5) is 0 Å². The van der Waals surface area contributed by atoms with Gasteiger partial charge in [0.05, 0.1) is 7.11 Å². The molecule has 6 nitrogen and oxygen atoms in total. The molecule has 1 aliphatic heterocycles. The van der Waals surface area contributed by atoms with Crippen molar-refractivity contribution in [1.29, 1.82) is 0 Å². The minimum absolute atomic E-state index is 0.0653. The Hall–Kier alpha value is -2.24. The number of hydrogen-bond donors (Lipinski definition) is 1. The van der Waals surface area contributed by atoms with Gasteiger partial charge in [-0.1, -0.05) is 6.07 Å². The van der Waals surface area contributed by atoms with Crippen LogP contribution in [0.2, 0.25) is 0 Å². The molecule has 1 heterocycles. The van der Waals surface area contributed by atoms with Crippen LogP contribution in [0.15, 0.2) is 12.1 Å². The first kappa shape index (κ1) is 16.6. The molecule has 0 aromatic heterocycles.